The molecule has 0 saturated carbocycles. The highest BCUT2D eigenvalue weighted by Crippen LogP contribution is 2.47. The number of fused-ring (bicyclic) bond motifs is 2. The van der Waals surface area contributed by atoms with Crippen molar-refractivity contribution in [1.29, 1.82) is 0 Å². The molecule has 1 fully saturated rings. The molecule has 1 saturated heterocycles. The molecule has 1 unspecified atom stereocenters. The van der Waals surface area contributed by atoms with Gasteiger partial charge in [0.05, 0.1) is 12.4 Å². The van der Waals surface area contributed by atoms with Crippen LogP contribution in [0.3, 0.4) is 0 Å². The molecule has 7 nitrogen and oxygen atoms in total. The summed E-state index contributed by atoms with van der Waals surface area (Å²) in [5.74, 6) is 0.354. The summed E-state index contributed by atoms with van der Waals surface area (Å²) in [7, 11) is 0. The van der Waals surface area contributed by atoms with Gasteiger partial charge in [-0.05, 0) is 30.2 Å². The predicted molar refractivity (Wildman–Crippen MR) is 103 cm³/mol. The Kier molecular flexibility index (Phi) is 4.44. The SMILES string of the molecule is CC(=O)N1CCC2(C1)CN(C(=O)Nc1cnc(Cl)cn1)c1ccc(Cl)cc12. The maximum absolute atomic E-state index is 12.9. The Labute approximate surface area is 166 Å². The van der Waals surface area contributed by atoms with E-state index < -0.39 is 0 Å². The van der Waals surface area contributed by atoms with Crippen LogP contribution in [0, 0.1) is 0 Å². The first-order valence-electron chi connectivity index (χ1n) is 8.50. The first kappa shape index (κ1) is 18.0. The van der Waals surface area contributed by atoms with E-state index in [0.717, 1.165) is 17.7 Å². The van der Waals surface area contributed by atoms with Gasteiger partial charge in [0.2, 0.25) is 5.91 Å². The van der Waals surface area contributed by atoms with Crippen LogP contribution in [0.1, 0.15) is 18.9 Å². The third-order valence-corrected chi connectivity index (χ3v) is 5.61. The second-order valence-corrected chi connectivity index (χ2v) is 7.70. The largest absolute Gasteiger partial charge is 0.342 e. The van der Waals surface area contributed by atoms with Gasteiger partial charge in [0.15, 0.2) is 5.82 Å². The van der Waals surface area contributed by atoms with E-state index in [9.17, 15) is 9.59 Å². The Morgan fingerprint density at radius 3 is 2.67 bits per heavy atom. The van der Waals surface area contributed by atoms with Crippen LogP contribution >= 0.6 is 23.2 Å². The van der Waals surface area contributed by atoms with Crippen LogP contribution in [0.4, 0.5) is 16.3 Å². The second-order valence-electron chi connectivity index (χ2n) is 6.87. The number of hydrogen-bond acceptors (Lipinski definition) is 4. The maximum atomic E-state index is 12.9. The number of urea groups is 1. The van der Waals surface area contributed by atoms with Crippen LogP contribution in [-0.4, -0.2) is 46.4 Å². The lowest BCUT2D eigenvalue weighted by Gasteiger charge is -2.25. The molecule has 1 atom stereocenters. The first-order chi connectivity index (χ1) is 12.9. The highest BCUT2D eigenvalue weighted by atomic mass is 35.5. The number of benzene rings is 1. The molecule has 0 bridgehead atoms. The van der Waals surface area contributed by atoms with Gasteiger partial charge >= 0.3 is 6.03 Å². The van der Waals surface area contributed by atoms with Crippen molar-refractivity contribution in [3.63, 3.8) is 0 Å². The number of amides is 3. The summed E-state index contributed by atoms with van der Waals surface area (Å²) in [5.41, 5.74) is 1.48. The zero-order valence-corrected chi connectivity index (χ0v) is 16.1. The number of hydrogen-bond donors (Lipinski definition) is 1. The number of halogens is 2. The molecule has 1 spiro atoms. The lowest BCUT2D eigenvalue weighted by Crippen LogP contribution is -2.41. The number of carbonyl (C=O) groups excluding carboxylic acids is 2. The van der Waals surface area contributed by atoms with Gasteiger partial charge in [-0.3, -0.25) is 15.0 Å². The van der Waals surface area contributed by atoms with Crippen molar-refractivity contribution in [3.05, 3.63) is 46.3 Å². The molecule has 1 aromatic heterocycles. The fourth-order valence-electron chi connectivity index (χ4n) is 3.87. The van der Waals surface area contributed by atoms with Crippen molar-refractivity contribution in [2.45, 2.75) is 18.8 Å². The minimum absolute atomic E-state index is 0.0368. The van der Waals surface area contributed by atoms with Gasteiger partial charge in [0.1, 0.15) is 5.15 Å². The van der Waals surface area contributed by atoms with Crippen LogP contribution in [0.5, 0.6) is 0 Å². The topological polar surface area (TPSA) is 78.4 Å². The van der Waals surface area contributed by atoms with E-state index in [2.05, 4.69) is 15.3 Å². The van der Waals surface area contributed by atoms with E-state index in [1.807, 2.05) is 17.0 Å². The van der Waals surface area contributed by atoms with Crippen LogP contribution < -0.4 is 10.2 Å². The summed E-state index contributed by atoms with van der Waals surface area (Å²) in [6.07, 6.45) is 3.56. The van der Waals surface area contributed by atoms with Crippen LogP contribution in [-0.2, 0) is 10.2 Å². The number of rotatable bonds is 1. The normalized spacial score (nSPS) is 20.9. The number of nitrogens with one attached hydrogen (secondary N) is 1. The number of nitrogens with zero attached hydrogens (tertiary/aromatic N) is 4. The standard InChI is InChI=1S/C18H17Cl2N5O2/c1-11(26)24-5-4-18(9-24)10-25(14-3-2-12(19)6-13(14)18)17(27)23-16-8-21-15(20)7-22-16/h2-3,6-8H,4-5,9-10H2,1H3,(H,22,23,27). The van der Waals surface area contributed by atoms with Gasteiger partial charge < -0.3 is 4.90 Å². The zero-order valence-electron chi connectivity index (χ0n) is 14.6. The Hall–Kier alpha value is -2.38. The molecule has 0 aliphatic carbocycles. The molecule has 2 aliphatic rings. The van der Waals surface area contributed by atoms with Gasteiger partial charge in [-0.1, -0.05) is 23.2 Å². The number of carbonyl (C=O) groups is 2. The highest BCUT2D eigenvalue weighted by molar-refractivity contribution is 6.30. The summed E-state index contributed by atoms with van der Waals surface area (Å²) in [6.45, 7) is 3.27. The van der Waals surface area contributed by atoms with E-state index in [4.69, 9.17) is 23.2 Å². The Morgan fingerprint density at radius 1 is 1.19 bits per heavy atom. The van der Waals surface area contributed by atoms with Crippen molar-refractivity contribution in [1.82, 2.24) is 14.9 Å². The summed E-state index contributed by atoms with van der Waals surface area (Å²) in [6, 6.07) is 5.19. The fourth-order valence-corrected chi connectivity index (χ4v) is 4.14. The second kappa shape index (κ2) is 6.65. The molecule has 1 N–H and O–H groups in total. The molecule has 4 rings (SSSR count). The van der Waals surface area contributed by atoms with Gasteiger partial charge in [0.25, 0.3) is 0 Å². The lowest BCUT2D eigenvalue weighted by atomic mass is 9.81. The number of likely N-dealkylation sites (tertiary alicyclic amines) is 1. The average Bonchev–Trinajstić information content (AvgIpc) is 3.20. The minimum atomic E-state index is -0.312. The molecular weight excluding hydrogens is 389 g/mol. The zero-order chi connectivity index (χ0) is 19.2. The van der Waals surface area contributed by atoms with Crippen LogP contribution in [0.25, 0.3) is 0 Å². The first-order valence-corrected chi connectivity index (χ1v) is 9.25. The smallest absolute Gasteiger partial charge is 0.327 e. The van der Waals surface area contributed by atoms with Crippen molar-refractivity contribution < 1.29 is 9.59 Å². The molecule has 9 heteroatoms. The summed E-state index contributed by atoms with van der Waals surface area (Å²) < 4.78 is 0. The van der Waals surface area contributed by atoms with E-state index >= 15 is 0 Å². The van der Waals surface area contributed by atoms with E-state index in [-0.39, 0.29) is 22.5 Å². The quantitative estimate of drug-likeness (QED) is 0.788. The van der Waals surface area contributed by atoms with Gasteiger partial charge in [-0.2, -0.15) is 0 Å². The molecule has 140 valence electrons. The third kappa shape index (κ3) is 3.21. The fraction of sp³-hybridized carbons (Fsp3) is 0.333. The molecule has 0 radical (unpaired) electrons. The Balaban J connectivity index is 1.64. The van der Waals surface area contributed by atoms with E-state index in [1.54, 1.807) is 17.9 Å². The summed E-state index contributed by atoms with van der Waals surface area (Å²) >= 11 is 12.0. The van der Waals surface area contributed by atoms with Gasteiger partial charge in [0, 0.05) is 42.7 Å². The van der Waals surface area contributed by atoms with Crippen LogP contribution in [0.2, 0.25) is 10.2 Å². The molecular formula is C18H17Cl2N5O2. The van der Waals surface area contributed by atoms with Gasteiger partial charge in [-0.25, -0.2) is 14.8 Å². The monoisotopic (exact) mass is 405 g/mol. The molecule has 2 aliphatic heterocycles. The minimum Gasteiger partial charge on any atom is -0.342 e. The van der Waals surface area contributed by atoms with E-state index in [1.165, 1.54) is 12.4 Å². The van der Waals surface area contributed by atoms with Gasteiger partial charge in [-0.15, -0.1) is 0 Å². The molecule has 1 aromatic carbocycles. The number of aromatic nitrogens is 2. The molecule has 27 heavy (non-hydrogen) atoms. The molecule has 3 heterocycles. The van der Waals surface area contributed by atoms with E-state index in [0.29, 0.717) is 30.5 Å². The van der Waals surface area contributed by atoms with Crippen molar-refractivity contribution in [2.75, 3.05) is 29.9 Å². The Bertz CT molecular complexity index is 920. The third-order valence-electron chi connectivity index (χ3n) is 5.18. The summed E-state index contributed by atoms with van der Waals surface area (Å²) in [4.78, 5) is 36.2. The molecule has 3 amide bonds. The maximum Gasteiger partial charge on any atom is 0.327 e. The van der Waals surface area contributed by atoms with Crippen molar-refractivity contribution in [3.8, 4) is 0 Å². The average molecular weight is 406 g/mol. The molecule has 2 aromatic rings. The van der Waals surface area contributed by atoms with Crippen LogP contribution in [0.15, 0.2) is 30.6 Å². The Morgan fingerprint density at radius 2 is 2.00 bits per heavy atom. The summed E-state index contributed by atoms with van der Waals surface area (Å²) in [5, 5.41) is 3.61. The predicted octanol–water partition coefficient (Wildman–Crippen LogP) is 3.33. The van der Waals surface area contributed by atoms with Crippen molar-refractivity contribution >= 4 is 46.6 Å². The number of anilines is 2. The van der Waals surface area contributed by atoms with Crippen molar-refractivity contribution in [2.24, 2.45) is 0 Å². The lowest BCUT2D eigenvalue weighted by molar-refractivity contribution is -0.127. The highest BCUT2D eigenvalue weighted by Gasteiger charge is 2.49.